The second-order valence-electron chi connectivity index (χ2n) is 3.26. The van der Waals surface area contributed by atoms with E-state index in [4.69, 9.17) is 10.8 Å². The van der Waals surface area contributed by atoms with Crippen molar-refractivity contribution in [1.29, 1.82) is 0 Å². The van der Waals surface area contributed by atoms with E-state index in [1.807, 2.05) is 5.32 Å². The van der Waals surface area contributed by atoms with E-state index in [2.05, 4.69) is 20.7 Å². The number of anilines is 1. The van der Waals surface area contributed by atoms with E-state index in [1.165, 1.54) is 7.05 Å². The molecule has 5 N–H and O–H groups in total. The fourth-order valence-corrected chi connectivity index (χ4v) is 1.03. The van der Waals surface area contributed by atoms with Crippen molar-refractivity contribution >= 4 is 23.9 Å². The number of carbonyl (C=O) groups is 3. The highest BCUT2D eigenvalue weighted by molar-refractivity contribution is 5.92. The van der Waals surface area contributed by atoms with Crippen LogP contribution in [0.25, 0.3) is 0 Å². The van der Waals surface area contributed by atoms with E-state index < -0.39 is 30.4 Å². The first-order valence-corrected chi connectivity index (χ1v) is 4.71. The van der Waals surface area contributed by atoms with Crippen LogP contribution in [-0.4, -0.2) is 49.3 Å². The maximum atomic E-state index is 11.4. The standard InChI is InChI=1S/C7H11N7O4/c1-14-12-6(11-13-14)10-7(18)9-3(5(16)17)2-4(8)15/h3H,2H2,1H3,(H2,8,15)(H,16,17)(H2,9,10,12,18)/t3-/m1/s1. The van der Waals surface area contributed by atoms with Gasteiger partial charge in [-0.05, 0) is 5.21 Å². The Labute approximate surface area is 100 Å². The molecule has 0 saturated carbocycles. The van der Waals surface area contributed by atoms with Crippen molar-refractivity contribution in [3.8, 4) is 0 Å². The van der Waals surface area contributed by atoms with Crippen molar-refractivity contribution in [2.75, 3.05) is 5.32 Å². The van der Waals surface area contributed by atoms with Crippen LogP contribution in [-0.2, 0) is 16.6 Å². The lowest BCUT2D eigenvalue weighted by atomic mass is 10.2. The maximum Gasteiger partial charge on any atom is 0.326 e. The average Bonchev–Trinajstić information content (AvgIpc) is 2.62. The van der Waals surface area contributed by atoms with Crippen LogP contribution < -0.4 is 16.4 Å². The monoisotopic (exact) mass is 257 g/mol. The topological polar surface area (TPSA) is 165 Å². The Morgan fingerprint density at radius 2 is 2.17 bits per heavy atom. The van der Waals surface area contributed by atoms with Gasteiger partial charge in [-0.2, -0.15) is 4.80 Å². The van der Waals surface area contributed by atoms with Crippen LogP contribution in [0.1, 0.15) is 6.42 Å². The van der Waals surface area contributed by atoms with E-state index in [0.29, 0.717) is 0 Å². The van der Waals surface area contributed by atoms with Gasteiger partial charge in [0.15, 0.2) is 0 Å². The normalized spacial score (nSPS) is 11.6. The molecule has 0 aliphatic rings. The Bertz CT molecular complexity index is 470. The predicted octanol–water partition coefficient (Wildman–Crippen LogP) is -2.34. The summed E-state index contributed by atoms with van der Waals surface area (Å²) in [5.74, 6) is -2.32. The van der Waals surface area contributed by atoms with Crippen molar-refractivity contribution in [3.05, 3.63) is 0 Å². The number of aromatic nitrogens is 4. The molecule has 0 bridgehead atoms. The third-order valence-electron chi connectivity index (χ3n) is 1.74. The van der Waals surface area contributed by atoms with Gasteiger partial charge in [-0.3, -0.25) is 10.1 Å². The molecule has 98 valence electrons. The van der Waals surface area contributed by atoms with Crippen LogP contribution in [0.2, 0.25) is 0 Å². The van der Waals surface area contributed by atoms with E-state index in [-0.39, 0.29) is 5.95 Å². The maximum absolute atomic E-state index is 11.4. The number of nitrogens with two attached hydrogens (primary N) is 1. The lowest BCUT2D eigenvalue weighted by molar-refractivity contribution is -0.140. The second-order valence-corrected chi connectivity index (χ2v) is 3.26. The summed E-state index contributed by atoms with van der Waals surface area (Å²) in [7, 11) is 1.49. The molecule has 1 aromatic rings. The summed E-state index contributed by atoms with van der Waals surface area (Å²) in [6, 6.07) is -2.30. The van der Waals surface area contributed by atoms with E-state index >= 15 is 0 Å². The van der Waals surface area contributed by atoms with Gasteiger partial charge in [0.1, 0.15) is 6.04 Å². The summed E-state index contributed by atoms with van der Waals surface area (Å²) >= 11 is 0. The fraction of sp³-hybridized carbons (Fsp3) is 0.429. The molecule has 0 spiro atoms. The molecule has 11 nitrogen and oxygen atoms in total. The zero-order valence-corrected chi connectivity index (χ0v) is 9.32. The van der Waals surface area contributed by atoms with Gasteiger partial charge in [0.25, 0.3) is 5.95 Å². The molecule has 1 aromatic heterocycles. The Morgan fingerprint density at radius 3 is 2.61 bits per heavy atom. The Morgan fingerprint density at radius 1 is 1.50 bits per heavy atom. The van der Waals surface area contributed by atoms with Gasteiger partial charge >= 0.3 is 12.0 Å². The number of tetrazole rings is 1. The first-order chi connectivity index (χ1) is 8.38. The number of amides is 3. The lowest BCUT2D eigenvalue weighted by Crippen LogP contribution is -2.45. The molecule has 0 unspecified atom stereocenters. The van der Waals surface area contributed by atoms with Crippen LogP contribution in [0.5, 0.6) is 0 Å². The van der Waals surface area contributed by atoms with Crippen molar-refractivity contribution in [2.24, 2.45) is 12.8 Å². The molecule has 0 radical (unpaired) electrons. The van der Waals surface area contributed by atoms with Crippen molar-refractivity contribution in [2.45, 2.75) is 12.5 Å². The quantitative estimate of drug-likeness (QED) is 0.458. The number of carbonyl (C=O) groups excluding carboxylic acids is 2. The summed E-state index contributed by atoms with van der Waals surface area (Å²) in [5.41, 5.74) is 4.85. The lowest BCUT2D eigenvalue weighted by Gasteiger charge is -2.11. The van der Waals surface area contributed by atoms with Gasteiger partial charge in [-0.15, -0.1) is 5.10 Å². The molecule has 1 atom stereocenters. The van der Waals surface area contributed by atoms with Crippen molar-refractivity contribution in [1.82, 2.24) is 25.5 Å². The van der Waals surface area contributed by atoms with Crippen LogP contribution in [0.15, 0.2) is 0 Å². The molecule has 1 heterocycles. The Kier molecular flexibility index (Phi) is 4.12. The third kappa shape index (κ3) is 4.03. The summed E-state index contributed by atoms with van der Waals surface area (Å²) < 4.78 is 0. The van der Waals surface area contributed by atoms with Gasteiger partial charge < -0.3 is 16.2 Å². The molecule has 0 fully saturated rings. The Hall–Kier alpha value is -2.72. The molecule has 1 rings (SSSR count). The van der Waals surface area contributed by atoms with Crippen LogP contribution in [0.3, 0.4) is 0 Å². The summed E-state index contributed by atoms with van der Waals surface area (Å²) in [4.78, 5) is 33.8. The molecular weight excluding hydrogens is 246 g/mol. The minimum absolute atomic E-state index is 0.0989. The summed E-state index contributed by atoms with van der Waals surface area (Å²) in [6.45, 7) is 0. The highest BCUT2D eigenvalue weighted by Gasteiger charge is 2.22. The number of hydrogen-bond donors (Lipinski definition) is 4. The minimum Gasteiger partial charge on any atom is -0.480 e. The number of nitrogens with one attached hydrogen (secondary N) is 2. The number of aliphatic carboxylic acids is 1. The molecule has 0 aliphatic carbocycles. The van der Waals surface area contributed by atoms with Crippen molar-refractivity contribution < 1.29 is 19.5 Å². The molecule has 3 amide bonds. The minimum atomic E-state index is -1.42. The van der Waals surface area contributed by atoms with Gasteiger partial charge in [0, 0.05) is 0 Å². The first-order valence-electron chi connectivity index (χ1n) is 4.71. The number of hydrogen-bond acceptors (Lipinski definition) is 6. The number of urea groups is 1. The highest BCUT2D eigenvalue weighted by atomic mass is 16.4. The van der Waals surface area contributed by atoms with Gasteiger partial charge in [-0.1, -0.05) is 5.10 Å². The SMILES string of the molecule is Cn1nnc(NC(=O)N[C@H](CC(N)=O)C(=O)O)n1. The first kappa shape index (κ1) is 13.3. The van der Waals surface area contributed by atoms with E-state index in [1.54, 1.807) is 0 Å². The highest BCUT2D eigenvalue weighted by Crippen LogP contribution is 1.95. The largest absolute Gasteiger partial charge is 0.480 e. The molecular formula is C7H11N7O4. The zero-order valence-electron chi connectivity index (χ0n) is 9.32. The van der Waals surface area contributed by atoms with E-state index in [9.17, 15) is 14.4 Å². The summed E-state index contributed by atoms with van der Waals surface area (Å²) in [6.07, 6.45) is -0.517. The number of aryl methyl sites for hydroxylation is 1. The fourth-order valence-electron chi connectivity index (χ4n) is 1.03. The Balaban J connectivity index is 2.56. The molecule has 0 aromatic carbocycles. The van der Waals surface area contributed by atoms with Crippen LogP contribution >= 0.6 is 0 Å². The number of carboxylic acids is 1. The molecule has 18 heavy (non-hydrogen) atoms. The second kappa shape index (κ2) is 5.56. The predicted molar refractivity (Wildman–Crippen MR) is 56.2 cm³/mol. The van der Waals surface area contributed by atoms with Gasteiger partial charge in [-0.25, -0.2) is 9.59 Å². The average molecular weight is 257 g/mol. The van der Waals surface area contributed by atoms with Crippen LogP contribution in [0, 0.1) is 0 Å². The number of rotatable bonds is 5. The van der Waals surface area contributed by atoms with E-state index in [0.717, 1.165) is 4.80 Å². The number of carboxylic acid groups (broad SMARTS) is 1. The van der Waals surface area contributed by atoms with Crippen LogP contribution in [0.4, 0.5) is 10.7 Å². The molecule has 0 aliphatic heterocycles. The molecule has 0 saturated heterocycles. The third-order valence-corrected chi connectivity index (χ3v) is 1.74. The molecule has 11 heteroatoms. The zero-order chi connectivity index (χ0) is 13.7. The number of nitrogens with zero attached hydrogens (tertiary/aromatic N) is 4. The smallest absolute Gasteiger partial charge is 0.326 e. The number of primary amides is 1. The van der Waals surface area contributed by atoms with Crippen molar-refractivity contribution in [3.63, 3.8) is 0 Å². The van der Waals surface area contributed by atoms with Gasteiger partial charge in [0.05, 0.1) is 13.5 Å². The summed E-state index contributed by atoms with van der Waals surface area (Å²) in [5, 5.41) is 23.5. The van der Waals surface area contributed by atoms with Gasteiger partial charge in [0.2, 0.25) is 5.91 Å².